The second-order valence-electron chi connectivity index (χ2n) is 7.99. The van der Waals surface area contributed by atoms with Gasteiger partial charge in [0.2, 0.25) is 0 Å². The van der Waals surface area contributed by atoms with Crippen LogP contribution in [-0.4, -0.2) is 15.4 Å². The number of hydrogen-bond acceptors (Lipinski definition) is 2. The van der Waals surface area contributed by atoms with E-state index in [1.807, 2.05) is 0 Å². The lowest BCUT2D eigenvalue weighted by atomic mass is 10.0. The van der Waals surface area contributed by atoms with Gasteiger partial charge in [0.25, 0.3) is 8.32 Å². The third-order valence-corrected chi connectivity index (χ3v) is 10.9. The summed E-state index contributed by atoms with van der Waals surface area (Å²) >= 11 is 0. The van der Waals surface area contributed by atoms with Crippen LogP contribution in [-0.2, 0) is 6.42 Å². The van der Waals surface area contributed by atoms with Crippen molar-refractivity contribution in [1.82, 2.24) is 0 Å². The molecule has 0 bridgehead atoms. The third-order valence-electron chi connectivity index (χ3n) is 4.88. The molecule has 0 aliphatic rings. The number of ether oxygens (including phenoxy) is 1. The van der Waals surface area contributed by atoms with Gasteiger partial charge in [-0.3, -0.25) is 0 Å². The number of rotatable bonds is 8. The van der Waals surface area contributed by atoms with Gasteiger partial charge < -0.3 is 9.16 Å². The van der Waals surface area contributed by atoms with Crippen molar-refractivity contribution in [1.29, 1.82) is 0 Å². The molecule has 0 aromatic heterocycles. The average molecular weight is 337 g/mol. The van der Waals surface area contributed by atoms with Gasteiger partial charge in [0.05, 0.1) is 7.11 Å². The maximum atomic E-state index is 6.79. The van der Waals surface area contributed by atoms with E-state index in [1.165, 1.54) is 5.56 Å². The van der Waals surface area contributed by atoms with Crippen LogP contribution in [0.15, 0.2) is 18.2 Å². The summed E-state index contributed by atoms with van der Waals surface area (Å²) in [5, 5.41) is 0. The molecule has 0 N–H and O–H groups in total. The minimum absolute atomic E-state index is 0.582. The van der Waals surface area contributed by atoms with E-state index in [1.54, 1.807) is 7.11 Å². The van der Waals surface area contributed by atoms with Crippen molar-refractivity contribution in [3.8, 4) is 11.5 Å². The molecule has 0 atom stereocenters. The third kappa shape index (κ3) is 4.53. The van der Waals surface area contributed by atoms with E-state index in [0.717, 1.165) is 17.9 Å². The Bertz CT molecular complexity index is 471. The van der Waals surface area contributed by atoms with E-state index in [0.29, 0.717) is 22.5 Å². The summed E-state index contributed by atoms with van der Waals surface area (Å²) in [4.78, 5) is 0. The van der Waals surface area contributed by atoms with Gasteiger partial charge >= 0.3 is 0 Å². The van der Waals surface area contributed by atoms with Gasteiger partial charge in [-0.25, -0.2) is 0 Å². The Labute approximate surface area is 144 Å². The highest BCUT2D eigenvalue weighted by Crippen LogP contribution is 2.43. The van der Waals surface area contributed by atoms with Gasteiger partial charge in [-0.05, 0) is 52.7 Å². The standard InChI is InChI=1S/C20H36O2Si/c1-14(2)12-18-13-19(10-11-20(18)21-9)22-23(15(3)4,16(5)6)17(7)8/h10-11,13-17H,12H2,1-9H3. The van der Waals surface area contributed by atoms with Crippen LogP contribution in [0.4, 0.5) is 0 Å². The van der Waals surface area contributed by atoms with Gasteiger partial charge in [0.15, 0.2) is 0 Å². The second-order valence-corrected chi connectivity index (χ2v) is 13.4. The Balaban J connectivity index is 3.24. The Morgan fingerprint density at radius 3 is 1.78 bits per heavy atom. The molecule has 3 heteroatoms. The fraction of sp³-hybridized carbons (Fsp3) is 0.700. The smallest absolute Gasteiger partial charge is 0.258 e. The second kappa shape index (κ2) is 8.23. The van der Waals surface area contributed by atoms with E-state index < -0.39 is 8.32 Å². The molecule has 0 radical (unpaired) electrons. The van der Waals surface area contributed by atoms with Crippen molar-refractivity contribution >= 4 is 8.32 Å². The summed E-state index contributed by atoms with van der Waals surface area (Å²) in [7, 11) is -0.155. The van der Waals surface area contributed by atoms with Gasteiger partial charge in [0, 0.05) is 0 Å². The van der Waals surface area contributed by atoms with Gasteiger partial charge in [-0.2, -0.15) is 0 Å². The lowest BCUT2D eigenvalue weighted by Crippen LogP contribution is -2.50. The lowest BCUT2D eigenvalue weighted by Gasteiger charge is -2.42. The first-order valence-corrected chi connectivity index (χ1v) is 11.1. The molecule has 0 spiro atoms. The largest absolute Gasteiger partial charge is 0.543 e. The summed E-state index contributed by atoms with van der Waals surface area (Å²) in [5.41, 5.74) is 2.99. The lowest BCUT2D eigenvalue weighted by molar-refractivity contribution is 0.404. The first kappa shape index (κ1) is 20.1. The maximum Gasteiger partial charge on any atom is 0.258 e. The first-order valence-electron chi connectivity index (χ1n) is 9.01. The predicted molar refractivity (Wildman–Crippen MR) is 103 cm³/mol. The SMILES string of the molecule is COc1ccc(O[Si](C(C)C)(C(C)C)C(C)C)cc1CC(C)C. The van der Waals surface area contributed by atoms with Crippen molar-refractivity contribution in [2.45, 2.75) is 78.4 Å². The van der Waals surface area contributed by atoms with Crippen LogP contribution in [0.3, 0.4) is 0 Å². The quantitative estimate of drug-likeness (QED) is 0.508. The number of hydrogen-bond donors (Lipinski definition) is 0. The summed E-state index contributed by atoms with van der Waals surface area (Å²) in [6.45, 7) is 18.4. The zero-order valence-corrected chi connectivity index (χ0v) is 17.6. The molecule has 1 aromatic rings. The van der Waals surface area contributed by atoms with E-state index in [-0.39, 0.29) is 0 Å². The molecule has 0 aliphatic carbocycles. The molecule has 0 saturated heterocycles. The fourth-order valence-corrected chi connectivity index (χ4v) is 9.22. The molecule has 23 heavy (non-hydrogen) atoms. The molecule has 0 heterocycles. The molecular formula is C20H36O2Si. The van der Waals surface area contributed by atoms with Crippen LogP contribution < -0.4 is 9.16 Å². The van der Waals surface area contributed by atoms with Gasteiger partial charge in [-0.1, -0.05) is 55.4 Å². The predicted octanol–water partition coefficient (Wildman–Crippen LogP) is 6.45. The molecule has 0 fully saturated rings. The van der Waals surface area contributed by atoms with E-state index >= 15 is 0 Å². The molecule has 132 valence electrons. The maximum absolute atomic E-state index is 6.79. The Morgan fingerprint density at radius 1 is 0.870 bits per heavy atom. The minimum Gasteiger partial charge on any atom is -0.543 e. The summed E-state index contributed by atoms with van der Waals surface area (Å²) in [6.07, 6.45) is 1.01. The molecule has 1 aromatic carbocycles. The van der Waals surface area contributed by atoms with E-state index in [4.69, 9.17) is 9.16 Å². The molecule has 1 rings (SSSR count). The number of methoxy groups -OCH3 is 1. The normalized spacial score (nSPS) is 12.6. The van der Waals surface area contributed by atoms with Crippen molar-refractivity contribution in [3.05, 3.63) is 23.8 Å². The fourth-order valence-electron chi connectivity index (χ4n) is 3.98. The Morgan fingerprint density at radius 2 is 1.39 bits per heavy atom. The van der Waals surface area contributed by atoms with Crippen LogP contribution in [0, 0.1) is 5.92 Å². The van der Waals surface area contributed by atoms with E-state index in [2.05, 4.69) is 73.6 Å². The highest BCUT2D eigenvalue weighted by Gasteiger charge is 2.47. The molecule has 0 unspecified atom stereocenters. The summed E-state index contributed by atoms with van der Waals surface area (Å²) < 4.78 is 12.3. The highest BCUT2D eigenvalue weighted by atomic mass is 28.4. The van der Waals surface area contributed by atoms with Gasteiger partial charge in [-0.15, -0.1) is 0 Å². The molecule has 0 amide bonds. The van der Waals surface area contributed by atoms with Crippen LogP contribution in [0.25, 0.3) is 0 Å². The van der Waals surface area contributed by atoms with Crippen LogP contribution >= 0.6 is 0 Å². The average Bonchev–Trinajstić information content (AvgIpc) is 2.43. The highest BCUT2D eigenvalue weighted by molar-refractivity contribution is 6.78. The van der Waals surface area contributed by atoms with E-state index in [9.17, 15) is 0 Å². The minimum atomic E-state index is -1.90. The summed E-state index contributed by atoms with van der Waals surface area (Å²) in [6, 6.07) is 6.35. The van der Waals surface area contributed by atoms with Crippen molar-refractivity contribution in [2.75, 3.05) is 7.11 Å². The zero-order valence-electron chi connectivity index (χ0n) is 16.6. The monoisotopic (exact) mass is 336 g/mol. The molecule has 2 nitrogen and oxygen atoms in total. The van der Waals surface area contributed by atoms with Crippen molar-refractivity contribution in [2.24, 2.45) is 5.92 Å². The Kier molecular flexibility index (Phi) is 7.18. The van der Waals surface area contributed by atoms with Crippen LogP contribution in [0.2, 0.25) is 16.6 Å². The van der Waals surface area contributed by atoms with Crippen LogP contribution in [0.5, 0.6) is 11.5 Å². The molecule has 0 saturated carbocycles. The van der Waals surface area contributed by atoms with Crippen LogP contribution in [0.1, 0.15) is 61.0 Å². The summed E-state index contributed by atoms with van der Waals surface area (Å²) in [5.74, 6) is 2.59. The first-order chi connectivity index (χ1) is 10.6. The zero-order chi connectivity index (χ0) is 17.8. The van der Waals surface area contributed by atoms with Gasteiger partial charge in [0.1, 0.15) is 11.5 Å². The number of benzene rings is 1. The molecule has 0 aliphatic heterocycles. The Hall–Kier alpha value is -0.963. The molecular weight excluding hydrogens is 300 g/mol. The van der Waals surface area contributed by atoms with Crippen molar-refractivity contribution in [3.63, 3.8) is 0 Å². The topological polar surface area (TPSA) is 18.5 Å². The van der Waals surface area contributed by atoms with Crippen molar-refractivity contribution < 1.29 is 9.16 Å².